The average Bonchev–Trinajstić information content (AvgIpc) is 4.18. The Morgan fingerprint density at radius 2 is 1.71 bits per heavy atom. The summed E-state index contributed by atoms with van der Waals surface area (Å²) in [5.74, 6) is 2.60. The van der Waals surface area contributed by atoms with Gasteiger partial charge in [-0.05, 0) is 81.3 Å². The smallest absolute Gasteiger partial charge is 0.263 e. The molecule has 326 valence electrons. The number of hydrogen-bond acceptors (Lipinski definition) is 12. The van der Waals surface area contributed by atoms with E-state index in [1.165, 1.54) is 31.2 Å². The number of carbonyl (C=O) groups is 2. The summed E-state index contributed by atoms with van der Waals surface area (Å²) in [7, 11) is 0. The number of aryl methyl sites for hydroxylation is 3. The lowest BCUT2D eigenvalue weighted by Crippen LogP contribution is -2.36. The highest BCUT2D eigenvalue weighted by molar-refractivity contribution is 8.03. The highest BCUT2D eigenvalue weighted by Crippen LogP contribution is 2.49. The Morgan fingerprint density at radius 3 is 2.48 bits per heavy atom. The van der Waals surface area contributed by atoms with Crippen molar-refractivity contribution in [3.8, 4) is 27.0 Å². The molecule has 5 heterocycles. The fourth-order valence-corrected chi connectivity index (χ4v) is 13.8. The van der Waals surface area contributed by atoms with Crippen molar-refractivity contribution in [2.24, 2.45) is 0 Å². The fourth-order valence-electron chi connectivity index (χ4n) is 8.08. The number of para-hydroxylation sites is 2. The number of nitrogens with one attached hydrogen (secondary N) is 1. The van der Waals surface area contributed by atoms with Crippen LogP contribution in [0.15, 0.2) is 122 Å². The van der Waals surface area contributed by atoms with Crippen LogP contribution in [-0.4, -0.2) is 45.1 Å². The number of thiazole rings is 1. The van der Waals surface area contributed by atoms with E-state index in [2.05, 4.69) is 102 Å². The molecular weight excluding hydrogens is 923 g/mol. The molecule has 4 aromatic heterocycles. The highest BCUT2D eigenvalue weighted by Gasteiger charge is 2.37. The first-order chi connectivity index (χ1) is 31.8. The number of unbranched alkanes of at least 4 members (excludes halogenated alkanes) is 2. The predicted octanol–water partition coefficient (Wildman–Crippen LogP) is 12.6. The number of benzene rings is 3. The van der Waals surface area contributed by atoms with Crippen molar-refractivity contribution in [2.45, 2.75) is 69.2 Å². The van der Waals surface area contributed by atoms with Gasteiger partial charge in [0.2, 0.25) is 11.4 Å². The second-order valence-corrected chi connectivity index (χ2v) is 22.0. The number of fused-ring (bicyclic) bond motifs is 3. The van der Waals surface area contributed by atoms with Gasteiger partial charge in [-0.15, -0.1) is 34.4 Å². The average molecular weight is 966 g/mol. The van der Waals surface area contributed by atoms with Gasteiger partial charge in [-0.1, -0.05) is 60.7 Å². The second-order valence-electron chi connectivity index (χ2n) is 15.6. The third kappa shape index (κ3) is 9.22. The maximum Gasteiger partial charge on any atom is 0.263 e. The summed E-state index contributed by atoms with van der Waals surface area (Å²) < 4.78 is 12.8. The first kappa shape index (κ1) is 44.8. The van der Waals surface area contributed by atoms with Crippen molar-refractivity contribution in [1.82, 2.24) is 14.1 Å². The van der Waals surface area contributed by atoms with Gasteiger partial charge < -0.3 is 15.6 Å². The topological polar surface area (TPSA) is 125 Å². The normalized spacial score (nSPS) is 14.7. The van der Waals surface area contributed by atoms with Crippen molar-refractivity contribution >= 4 is 120 Å². The lowest BCUT2D eigenvalue weighted by atomic mass is 9.77. The largest absolute Gasteiger partial charge is 0.762 e. The zero-order valence-corrected chi connectivity index (χ0v) is 40.9. The van der Waals surface area contributed by atoms with Crippen LogP contribution in [0.1, 0.15) is 53.8 Å². The maximum atomic E-state index is 14.1. The minimum atomic E-state index is -0.182. The van der Waals surface area contributed by atoms with Crippen LogP contribution in [-0.2, 0) is 16.1 Å². The summed E-state index contributed by atoms with van der Waals surface area (Å²) in [4.78, 5) is 36.5. The number of rotatable bonds is 17. The number of ketones is 1. The molecule has 0 atom stereocenters. The number of nitrogens with zero attached hydrogens (tertiary/aromatic N) is 6. The quantitative estimate of drug-likeness (QED) is 0.0239. The Labute approximate surface area is 402 Å². The summed E-state index contributed by atoms with van der Waals surface area (Å²) in [6, 6.07) is 29.2. The monoisotopic (exact) mass is 965 g/mol. The summed E-state index contributed by atoms with van der Waals surface area (Å²) in [6.07, 6.45) is 7.53. The number of hydrogen-bond donors (Lipinski definition) is 1. The summed E-state index contributed by atoms with van der Waals surface area (Å²) >= 11 is 9.67. The maximum absolute atomic E-state index is 14.1. The van der Waals surface area contributed by atoms with Gasteiger partial charge in [0.1, 0.15) is 21.8 Å². The Hall–Kier alpha value is -5.43. The van der Waals surface area contributed by atoms with Crippen LogP contribution in [0.4, 0.5) is 5.69 Å². The van der Waals surface area contributed by atoms with E-state index in [1.807, 2.05) is 36.4 Å². The molecule has 2 aliphatic rings. The molecule has 0 radical (unpaired) electrons. The molecule has 0 bridgehead atoms. The van der Waals surface area contributed by atoms with E-state index in [0.29, 0.717) is 48.4 Å². The van der Waals surface area contributed by atoms with Crippen LogP contribution in [0, 0.1) is 25.2 Å². The molecule has 1 aliphatic carbocycles. The molecule has 9 nitrogen and oxygen atoms in total. The van der Waals surface area contributed by atoms with Gasteiger partial charge in [0.05, 0.1) is 28.0 Å². The molecule has 0 spiro atoms. The number of amides is 1. The number of anilines is 1. The molecule has 15 heteroatoms. The third-order valence-corrected chi connectivity index (χ3v) is 17.1. The molecule has 65 heavy (non-hydrogen) atoms. The van der Waals surface area contributed by atoms with Gasteiger partial charge in [0, 0.05) is 101 Å². The van der Waals surface area contributed by atoms with Crippen LogP contribution < -0.4 is 14.8 Å². The van der Waals surface area contributed by atoms with Crippen LogP contribution in [0.5, 0.6) is 0 Å². The van der Waals surface area contributed by atoms with Crippen molar-refractivity contribution in [3.05, 3.63) is 132 Å². The lowest BCUT2D eigenvalue weighted by molar-refractivity contribution is -0.669. The van der Waals surface area contributed by atoms with Crippen LogP contribution in [0.3, 0.4) is 0 Å². The number of Topliss-reactive ketones (excluding diaryl/α,β-unsaturated/α-hetero) is 1. The van der Waals surface area contributed by atoms with E-state index < -0.39 is 0 Å². The molecule has 3 aromatic carbocycles. The Kier molecular flexibility index (Phi) is 13.8. The van der Waals surface area contributed by atoms with E-state index in [-0.39, 0.29) is 17.3 Å². The zero-order valence-electron chi connectivity index (χ0n) is 36.0. The van der Waals surface area contributed by atoms with E-state index in [0.717, 1.165) is 83.7 Å². The van der Waals surface area contributed by atoms with Gasteiger partial charge in [-0.3, -0.25) is 9.59 Å². The molecular formula is C50H43N7O2S6. The Balaban J connectivity index is 0.876. The summed E-state index contributed by atoms with van der Waals surface area (Å²) in [5.41, 5.74) is 7.27. The lowest BCUT2D eigenvalue weighted by Gasteiger charge is -2.25. The number of allylic oxidation sites excluding steroid dienone is 5. The molecule has 1 N–H and O–H groups in total. The SMILES string of the molecule is CCCCN1/C(=C/C2=C(C(=C=[N-])C#N)C(=C\c3sc4ccccc4[n+]3CCCCC(=O)NCCSc3cc(-c4ccc(C)s4)c4nsnc4c3-c3ccc(C)s3)/C2=O)Sc2ccccc21. The van der Waals surface area contributed by atoms with E-state index in [1.54, 1.807) is 57.5 Å². The molecule has 0 saturated carbocycles. The molecule has 1 amide bonds. The number of thioether (sulfide) groups is 2. The van der Waals surface area contributed by atoms with Crippen molar-refractivity contribution in [2.75, 3.05) is 23.7 Å². The van der Waals surface area contributed by atoms with Gasteiger partial charge >= 0.3 is 0 Å². The van der Waals surface area contributed by atoms with Crippen molar-refractivity contribution in [1.29, 1.82) is 5.26 Å². The molecule has 7 aromatic rings. The molecule has 9 rings (SSSR count). The fraction of sp³-hybridized carbons (Fsp3) is 0.240. The van der Waals surface area contributed by atoms with E-state index in [9.17, 15) is 20.3 Å². The highest BCUT2D eigenvalue weighted by atomic mass is 32.2. The predicted molar refractivity (Wildman–Crippen MR) is 273 cm³/mol. The zero-order chi connectivity index (χ0) is 45.0. The molecule has 0 fully saturated rings. The van der Waals surface area contributed by atoms with E-state index in [4.69, 9.17) is 8.75 Å². The van der Waals surface area contributed by atoms with E-state index >= 15 is 0 Å². The summed E-state index contributed by atoms with van der Waals surface area (Å²) in [6.45, 7) is 8.36. The third-order valence-electron chi connectivity index (χ3n) is 11.3. The van der Waals surface area contributed by atoms with Gasteiger partial charge in [0.25, 0.3) is 5.01 Å². The standard InChI is InChI=1S/C50H43N7O2S6/c1-4-5-22-56-36-12-6-8-14-39(36)63-44(56)26-34-46(32(28-51)29-52)35(50(34)59)27-45-57(37-13-7-9-15-40(37)64-45)23-11-10-16-43(58)53-21-24-60-42-25-33(38-19-17-30(2)61-38)48-49(55-65-54-48)47(42)41-20-18-31(3)62-41/h6-9,12-15,17-20,25-27H,4-5,10-11,16,21-24H2,1-3H3,(H,53,58). The second kappa shape index (κ2) is 20.0. The number of nitriles is 1. The van der Waals surface area contributed by atoms with Crippen LogP contribution in [0.25, 0.3) is 53.6 Å². The Bertz CT molecular complexity index is 3190. The molecule has 0 saturated heterocycles. The molecule has 1 aliphatic heterocycles. The van der Waals surface area contributed by atoms with Crippen LogP contribution in [0.2, 0.25) is 0 Å². The number of aromatic nitrogens is 3. The first-order valence-electron chi connectivity index (χ1n) is 21.4. The van der Waals surface area contributed by atoms with Gasteiger partial charge in [-0.2, -0.15) is 18.6 Å². The molecule has 0 unspecified atom stereocenters. The minimum absolute atomic E-state index is 0.0143. The first-order valence-corrected chi connectivity index (χ1v) is 26.4. The Morgan fingerprint density at radius 1 is 0.938 bits per heavy atom. The number of carbonyl (C=O) groups excluding carboxylic acids is 2. The summed E-state index contributed by atoms with van der Waals surface area (Å²) in [5, 5.41) is 25.1. The minimum Gasteiger partial charge on any atom is -0.762 e. The van der Waals surface area contributed by atoms with Gasteiger partial charge in [-0.25, -0.2) is 5.87 Å². The number of thiophene rings is 2. The van der Waals surface area contributed by atoms with Crippen molar-refractivity contribution < 1.29 is 14.2 Å². The van der Waals surface area contributed by atoms with Crippen LogP contribution >= 0.6 is 69.3 Å². The van der Waals surface area contributed by atoms with Crippen molar-refractivity contribution in [3.63, 3.8) is 0 Å². The van der Waals surface area contributed by atoms with Gasteiger partial charge in [0.15, 0.2) is 12.3 Å².